The van der Waals surface area contributed by atoms with Crippen LogP contribution in [0.2, 0.25) is 0 Å². The number of hydrogen-bond donors (Lipinski definition) is 0. The second-order valence-corrected chi connectivity index (χ2v) is 10.2. The fourth-order valence-electron chi connectivity index (χ4n) is 5.34. The highest BCUT2D eigenvalue weighted by Gasteiger charge is 2.50. The van der Waals surface area contributed by atoms with E-state index in [2.05, 4.69) is 33.8 Å². The molecule has 2 unspecified atom stereocenters. The first-order chi connectivity index (χ1) is 16.2. The fraction of sp³-hybridized carbons (Fsp3) is 0.552. The number of aryl methyl sites for hydroxylation is 1. The molecule has 2 atom stereocenters. The van der Waals surface area contributed by atoms with Gasteiger partial charge in [-0.25, -0.2) is 0 Å². The number of likely N-dealkylation sites (tertiary alicyclic amines) is 1. The Morgan fingerprint density at radius 3 is 2.44 bits per heavy atom. The summed E-state index contributed by atoms with van der Waals surface area (Å²) in [5, 5.41) is 0. The highest BCUT2D eigenvalue weighted by Crippen LogP contribution is 2.49. The number of carbonyl (C=O) groups is 1. The number of amides is 1. The van der Waals surface area contributed by atoms with Gasteiger partial charge in [0.05, 0.1) is 18.3 Å². The first kappa shape index (κ1) is 24.6. The minimum absolute atomic E-state index is 0.00665. The smallest absolute Gasteiger partial charge is 0.253 e. The normalized spacial score (nSPS) is 21.5. The van der Waals surface area contributed by atoms with E-state index in [1.54, 1.807) is 0 Å². The number of fused-ring (bicyclic) bond motifs is 1. The average Bonchev–Trinajstić information content (AvgIpc) is 2.82. The van der Waals surface area contributed by atoms with Crippen molar-refractivity contribution >= 4 is 5.91 Å². The SMILES string of the molecule is CCc1cc(C(=O)N2CCC3(CC2)Oc2ccccc2C(OC(C)C)C3C)ccc1OC(C)C. The van der Waals surface area contributed by atoms with Crippen LogP contribution >= 0.6 is 0 Å². The van der Waals surface area contributed by atoms with Crippen molar-refractivity contribution in [2.24, 2.45) is 5.92 Å². The van der Waals surface area contributed by atoms with Crippen LogP contribution in [0, 0.1) is 5.92 Å². The molecule has 2 aromatic rings. The zero-order chi connectivity index (χ0) is 24.5. The van der Waals surface area contributed by atoms with Crippen molar-refractivity contribution in [2.45, 2.75) is 84.7 Å². The molecule has 2 heterocycles. The van der Waals surface area contributed by atoms with Crippen LogP contribution in [-0.2, 0) is 11.2 Å². The molecule has 1 amide bonds. The van der Waals surface area contributed by atoms with Crippen molar-refractivity contribution in [3.8, 4) is 11.5 Å². The Bertz CT molecular complexity index is 1010. The van der Waals surface area contributed by atoms with E-state index >= 15 is 0 Å². The molecule has 5 heteroatoms. The molecule has 1 spiro atoms. The summed E-state index contributed by atoms with van der Waals surface area (Å²) in [7, 11) is 0. The topological polar surface area (TPSA) is 48.0 Å². The van der Waals surface area contributed by atoms with Crippen LogP contribution in [0.15, 0.2) is 42.5 Å². The highest BCUT2D eigenvalue weighted by atomic mass is 16.5. The van der Waals surface area contributed by atoms with Gasteiger partial charge in [0, 0.05) is 43.0 Å². The molecule has 184 valence electrons. The van der Waals surface area contributed by atoms with Gasteiger partial charge in [-0.15, -0.1) is 0 Å². The molecule has 0 bridgehead atoms. The van der Waals surface area contributed by atoms with Crippen molar-refractivity contribution in [2.75, 3.05) is 13.1 Å². The van der Waals surface area contributed by atoms with E-state index in [9.17, 15) is 4.79 Å². The van der Waals surface area contributed by atoms with E-state index in [-0.39, 0.29) is 35.7 Å². The Morgan fingerprint density at radius 1 is 1.09 bits per heavy atom. The van der Waals surface area contributed by atoms with Crippen molar-refractivity contribution < 1.29 is 19.0 Å². The number of nitrogens with zero attached hydrogens (tertiary/aromatic N) is 1. The lowest BCUT2D eigenvalue weighted by atomic mass is 9.73. The minimum Gasteiger partial charge on any atom is -0.491 e. The lowest BCUT2D eigenvalue weighted by molar-refractivity contribution is -0.130. The van der Waals surface area contributed by atoms with E-state index in [0.29, 0.717) is 13.1 Å². The number of ether oxygens (including phenoxy) is 3. The number of hydrogen-bond acceptors (Lipinski definition) is 4. The number of piperidine rings is 1. The van der Waals surface area contributed by atoms with Gasteiger partial charge >= 0.3 is 0 Å². The van der Waals surface area contributed by atoms with Crippen molar-refractivity contribution in [3.05, 3.63) is 59.2 Å². The lowest BCUT2D eigenvalue weighted by Crippen LogP contribution is -2.56. The summed E-state index contributed by atoms with van der Waals surface area (Å²) in [6.45, 7) is 13.9. The van der Waals surface area contributed by atoms with E-state index < -0.39 is 0 Å². The van der Waals surface area contributed by atoms with E-state index in [1.807, 2.05) is 55.1 Å². The van der Waals surface area contributed by atoms with Gasteiger partial charge in [-0.3, -0.25) is 4.79 Å². The number of rotatable bonds is 6. The zero-order valence-electron chi connectivity index (χ0n) is 21.5. The molecule has 1 fully saturated rings. The van der Waals surface area contributed by atoms with Gasteiger partial charge in [-0.2, -0.15) is 0 Å². The maximum absolute atomic E-state index is 13.4. The van der Waals surface area contributed by atoms with Gasteiger partial charge in [-0.1, -0.05) is 32.0 Å². The van der Waals surface area contributed by atoms with E-state index in [4.69, 9.17) is 14.2 Å². The van der Waals surface area contributed by atoms with E-state index in [0.717, 1.165) is 47.5 Å². The van der Waals surface area contributed by atoms with Crippen LogP contribution in [0.1, 0.15) is 82.0 Å². The predicted molar refractivity (Wildman–Crippen MR) is 135 cm³/mol. The summed E-state index contributed by atoms with van der Waals surface area (Å²) in [6, 6.07) is 14.1. The Balaban J connectivity index is 1.51. The molecule has 2 aromatic carbocycles. The molecule has 0 N–H and O–H groups in total. The van der Waals surface area contributed by atoms with Crippen LogP contribution in [0.4, 0.5) is 0 Å². The molecule has 1 saturated heterocycles. The molecule has 0 aliphatic carbocycles. The third-order valence-corrected chi connectivity index (χ3v) is 7.19. The molecular formula is C29H39NO4. The highest BCUT2D eigenvalue weighted by molar-refractivity contribution is 5.94. The van der Waals surface area contributed by atoms with Crippen molar-refractivity contribution in [3.63, 3.8) is 0 Å². The third kappa shape index (κ3) is 4.81. The molecule has 4 rings (SSSR count). The fourth-order valence-corrected chi connectivity index (χ4v) is 5.34. The van der Waals surface area contributed by atoms with Crippen LogP contribution in [0.3, 0.4) is 0 Å². The summed E-state index contributed by atoms with van der Waals surface area (Å²) < 4.78 is 19.0. The van der Waals surface area contributed by atoms with Crippen molar-refractivity contribution in [1.82, 2.24) is 4.90 Å². The molecular weight excluding hydrogens is 426 g/mol. The Labute approximate surface area is 204 Å². The van der Waals surface area contributed by atoms with Crippen LogP contribution in [-0.4, -0.2) is 41.7 Å². The molecule has 34 heavy (non-hydrogen) atoms. The molecule has 2 aliphatic heterocycles. The molecule has 0 radical (unpaired) electrons. The number of para-hydroxylation sites is 1. The Kier molecular flexibility index (Phi) is 7.22. The van der Waals surface area contributed by atoms with Crippen LogP contribution in [0.5, 0.6) is 11.5 Å². The molecule has 0 aromatic heterocycles. The summed E-state index contributed by atoms with van der Waals surface area (Å²) in [4.78, 5) is 15.4. The largest absolute Gasteiger partial charge is 0.491 e. The third-order valence-electron chi connectivity index (χ3n) is 7.19. The second-order valence-electron chi connectivity index (χ2n) is 10.2. The van der Waals surface area contributed by atoms with Gasteiger partial charge in [0.25, 0.3) is 5.91 Å². The average molecular weight is 466 g/mol. The summed E-state index contributed by atoms with van der Waals surface area (Å²) in [5.41, 5.74) is 2.60. The number of benzene rings is 2. The first-order valence-electron chi connectivity index (χ1n) is 12.8. The Morgan fingerprint density at radius 2 is 1.79 bits per heavy atom. The molecule has 2 aliphatic rings. The summed E-state index contributed by atoms with van der Waals surface area (Å²) >= 11 is 0. The maximum atomic E-state index is 13.4. The monoisotopic (exact) mass is 465 g/mol. The molecule has 0 saturated carbocycles. The van der Waals surface area contributed by atoms with E-state index in [1.165, 1.54) is 0 Å². The summed E-state index contributed by atoms with van der Waals surface area (Å²) in [6.07, 6.45) is 2.65. The quantitative estimate of drug-likeness (QED) is 0.509. The van der Waals surface area contributed by atoms with Crippen LogP contribution in [0.25, 0.3) is 0 Å². The summed E-state index contributed by atoms with van der Waals surface area (Å²) in [5.74, 6) is 2.06. The standard InChI is InChI=1S/C29H39NO4/c1-7-22-18-23(12-13-25(22)32-19(2)3)28(31)30-16-14-29(15-17-30)21(6)27(33-20(4)5)24-10-8-9-11-26(24)34-29/h8-13,18-21,27H,7,14-17H2,1-6H3. The first-order valence-corrected chi connectivity index (χ1v) is 12.8. The van der Waals surface area contributed by atoms with Crippen molar-refractivity contribution in [1.29, 1.82) is 0 Å². The number of carbonyl (C=O) groups excluding carboxylic acids is 1. The maximum Gasteiger partial charge on any atom is 0.253 e. The minimum atomic E-state index is -0.325. The van der Waals surface area contributed by atoms with Gasteiger partial charge in [0.2, 0.25) is 0 Å². The lowest BCUT2D eigenvalue weighted by Gasteiger charge is -2.51. The predicted octanol–water partition coefficient (Wildman–Crippen LogP) is 6.21. The Hall–Kier alpha value is -2.53. The second kappa shape index (κ2) is 9.99. The van der Waals surface area contributed by atoms with Gasteiger partial charge in [0.1, 0.15) is 17.1 Å². The molecule has 5 nitrogen and oxygen atoms in total. The van der Waals surface area contributed by atoms with Gasteiger partial charge < -0.3 is 19.1 Å². The van der Waals surface area contributed by atoms with Crippen LogP contribution < -0.4 is 9.47 Å². The van der Waals surface area contributed by atoms with Gasteiger partial charge in [-0.05, 0) is 63.9 Å². The van der Waals surface area contributed by atoms with Gasteiger partial charge in [0.15, 0.2) is 0 Å². The zero-order valence-corrected chi connectivity index (χ0v) is 21.5.